The molecule has 0 aliphatic carbocycles. The largest absolute Gasteiger partial charge is 0.336 e. The van der Waals surface area contributed by atoms with Gasteiger partial charge in [-0.1, -0.05) is 18.2 Å². The van der Waals surface area contributed by atoms with Crippen LogP contribution in [0.1, 0.15) is 16.8 Å². The van der Waals surface area contributed by atoms with E-state index >= 15 is 0 Å². The van der Waals surface area contributed by atoms with Crippen LogP contribution < -0.4 is 0 Å². The molecule has 31 heavy (non-hydrogen) atoms. The number of hydrogen-bond donors (Lipinski definition) is 0. The quantitative estimate of drug-likeness (QED) is 0.626. The molecule has 0 radical (unpaired) electrons. The molecule has 2 fully saturated rings. The number of para-hydroxylation sites is 1. The number of carbonyl (C=O) groups excluding carboxylic acids is 1. The molecule has 5 rings (SSSR count). The average Bonchev–Trinajstić information content (AvgIpc) is 3.18. The molecule has 160 valence electrons. The van der Waals surface area contributed by atoms with Crippen molar-refractivity contribution < 1.29 is 13.2 Å². The van der Waals surface area contributed by atoms with Crippen LogP contribution >= 0.6 is 0 Å². The van der Waals surface area contributed by atoms with Gasteiger partial charge in [0.05, 0.1) is 28.3 Å². The molecular formula is C23H24N4O3S. The number of carbonyl (C=O) groups is 1. The Kier molecular flexibility index (Phi) is 5.19. The van der Waals surface area contributed by atoms with E-state index in [1.54, 1.807) is 12.4 Å². The highest BCUT2D eigenvalue weighted by atomic mass is 32.2. The second-order valence-electron chi connectivity index (χ2n) is 8.20. The van der Waals surface area contributed by atoms with Gasteiger partial charge in [-0.05, 0) is 30.7 Å². The van der Waals surface area contributed by atoms with Gasteiger partial charge in [0.2, 0.25) is 0 Å². The van der Waals surface area contributed by atoms with Crippen LogP contribution in [0.3, 0.4) is 0 Å². The molecule has 1 amide bonds. The maximum Gasteiger partial charge on any atom is 0.254 e. The van der Waals surface area contributed by atoms with Gasteiger partial charge in [0, 0.05) is 55.6 Å². The smallest absolute Gasteiger partial charge is 0.254 e. The maximum absolute atomic E-state index is 13.5. The molecule has 2 aromatic heterocycles. The molecule has 8 heteroatoms. The lowest BCUT2D eigenvalue weighted by molar-refractivity contribution is 0.0589. The van der Waals surface area contributed by atoms with Gasteiger partial charge in [0.25, 0.3) is 5.91 Å². The average molecular weight is 437 g/mol. The minimum atomic E-state index is -2.91. The Morgan fingerprint density at radius 1 is 1.03 bits per heavy atom. The fourth-order valence-electron chi connectivity index (χ4n) is 4.54. The van der Waals surface area contributed by atoms with E-state index in [0.29, 0.717) is 38.2 Å². The molecule has 1 aromatic carbocycles. The Labute approximate surface area is 181 Å². The number of aromatic nitrogens is 2. The summed E-state index contributed by atoms with van der Waals surface area (Å²) >= 11 is 0. The fourth-order valence-corrected chi connectivity index (χ4v) is 6.30. The SMILES string of the molecule is O=C(c1cc(-c2cccnc2)nc2ccccc12)N1CCN(C2CCS(=O)(=O)C2)CC1. The molecule has 0 saturated carbocycles. The van der Waals surface area contributed by atoms with Crippen LogP contribution in [0, 0.1) is 0 Å². The first-order chi connectivity index (χ1) is 15.0. The predicted molar refractivity (Wildman–Crippen MR) is 120 cm³/mol. The standard InChI is InChI=1S/C23H24N4O3S/c28-23(27-11-9-26(10-12-27)18-7-13-31(29,30)16-18)20-14-22(17-4-3-8-24-15-17)25-21-6-2-1-5-19(20)21/h1-6,8,14-15,18H,7,9-13,16H2. The summed E-state index contributed by atoms with van der Waals surface area (Å²) < 4.78 is 23.6. The molecule has 2 aliphatic rings. The summed E-state index contributed by atoms with van der Waals surface area (Å²) in [6, 6.07) is 13.4. The minimum Gasteiger partial charge on any atom is -0.336 e. The molecular weight excluding hydrogens is 412 g/mol. The van der Waals surface area contributed by atoms with Gasteiger partial charge in [-0.25, -0.2) is 13.4 Å². The molecule has 2 aliphatic heterocycles. The normalized spacial score (nSPS) is 21.4. The third-order valence-corrected chi connectivity index (χ3v) is 7.98. The number of benzene rings is 1. The van der Waals surface area contributed by atoms with Gasteiger partial charge in [0.15, 0.2) is 9.84 Å². The Morgan fingerprint density at radius 2 is 1.84 bits per heavy atom. The van der Waals surface area contributed by atoms with E-state index in [-0.39, 0.29) is 23.5 Å². The number of fused-ring (bicyclic) bond motifs is 1. The molecule has 1 unspecified atom stereocenters. The predicted octanol–water partition coefficient (Wildman–Crippen LogP) is 2.24. The minimum absolute atomic E-state index is 0.0116. The number of amides is 1. The van der Waals surface area contributed by atoms with E-state index in [9.17, 15) is 13.2 Å². The first-order valence-electron chi connectivity index (χ1n) is 10.5. The molecule has 0 spiro atoms. The zero-order valence-corrected chi connectivity index (χ0v) is 18.0. The number of pyridine rings is 2. The first-order valence-corrected chi connectivity index (χ1v) is 12.4. The lowest BCUT2D eigenvalue weighted by atomic mass is 10.0. The molecule has 4 heterocycles. The van der Waals surface area contributed by atoms with E-state index in [2.05, 4.69) is 9.88 Å². The third-order valence-electron chi connectivity index (χ3n) is 6.23. The van der Waals surface area contributed by atoms with Crippen molar-refractivity contribution in [3.8, 4) is 11.3 Å². The lowest BCUT2D eigenvalue weighted by Crippen LogP contribution is -2.52. The van der Waals surface area contributed by atoms with E-state index in [0.717, 1.165) is 22.2 Å². The highest BCUT2D eigenvalue weighted by Gasteiger charge is 2.34. The summed E-state index contributed by atoms with van der Waals surface area (Å²) in [7, 11) is -2.91. The van der Waals surface area contributed by atoms with Gasteiger partial charge in [-0.2, -0.15) is 0 Å². The fraction of sp³-hybridized carbons (Fsp3) is 0.348. The molecule has 0 N–H and O–H groups in total. The van der Waals surface area contributed by atoms with Crippen LogP contribution in [0.25, 0.3) is 22.2 Å². The second kappa shape index (κ2) is 8.01. The van der Waals surface area contributed by atoms with E-state index in [1.807, 2.05) is 47.4 Å². The van der Waals surface area contributed by atoms with Crippen LogP contribution in [0.2, 0.25) is 0 Å². The zero-order valence-electron chi connectivity index (χ0n) is 17.1. The Morgan fingerprint density at radius 3 is 2.55 bits per heavy atom. The molecule has 3 aromatic rings. The second-order valence-corrected chi connectivity index (χ2v) is 10.4. The molecule has 1 atom stereocenters. The van der Waals surface area contributed by atoms with Crippen molar-refractivity contribution in [3.05, 3.63) is 60.4 Å². The van der Waals surface area contributed by atoms with Crippen molar-refractivity contribution >= 4 is 26.6 Å². The van der Waals surface area contributed by atoms with Crippen molar-refractivity contribution in [1.82, 2.24) is 19.8 Å². The molecule has 2 saturated heterocycles. The summed E-state index contributed by atoms with van der Waals surface area (Å²) in [6.07, 6.45) is 4.16. The van der Waals surface area contributed by atoms with E-state index < -0.39 is 9.84 Å². The van der Waals surface area contributed by atoms with Gasteiger partial charge in [0.1, 0.15) is 0 Å². The first kappa shape index (κ1) is 20.1. The molecule has 7 nitrogen and oxygen atoms in total. The van der Waals surface area contributed by atoms with Crippen LogP contribution in [0.15, 0.2) is 54.9 Å². The van der Waals surface area contributed by atoms with Crippen LogP contribution in [0.4, 0.5) is 0 Å². The van der Waals surface area contributed by atoms with Gasteiger partial charge < -0.3 is 4.90 Å². The number of nitrogens with zero attached hydrogens (tertiary/aromatic N) is 4. The monoisotopic (exact) mass is 436 g/mol. The molecule has 0 bridgehead atoms. The Hall–Kier alpha value is -2.84. The van der Waals surface area contributed by atoms with Gasteiger partial charge >= 0.3 is 0 Å². The highest BCUT2D eigenvalue weighted by Crippen LogP contribution is 2.26. The highest BCUT2D eigenvalue weighted by molar-refractivity contribution is 7.91. The Bertz CT molecular complexity index is 1220. The van der Waals surface area contributed by atoms with Crippen molar-refractivity contribution in [2.45, 2.75) is 12.5 Å². The summed E-state index contributed by atoms with van der Waals surface area (Å²) in [5.41, 5.74) is 3.02. The van der Waals surface area contributed by atoms with E-state index in [4.69, 9.17) is 4.98 Å². The summed E-state index contributed by atoms with van der Waals surface area (Å²) in [5.74, 6) is 0.504. The summed E-state index contributed by atoms with van der Waals surface area (Å²) in [4.78, 5) is 26.5. The van der Waals surface area contributed by atoms with Crippen molar-refractivity contribution in [2.75, 3.05) is 37.7 Å². The van der Waals surface area contributed by atoms with Crippen LogP contribution in [-0.2, 0) is 9.84 Å². The van der Waals surface area contributed by atoms with Crippen molar-refractivity contribution in [1.29, 1.82) is 0 Å². The summed E-state index contributed by atoms with van der Waals surface area (Å²) in [5, 5.41) is 0.837. The van der Waals surface area contributed by atoms with Crippen molar-refractivity contribution in [2.24, 2.45) is 0 Å². The van der Waals surface area contributed by atoms with Gasteiger partial charge in [-0.15, -0.1) is 0 Å². The number of piperazine rings is 1. The van der Waals surface area contributed by atoms with Crippen LogP contribution in [0.5, 0.6) is 0 Å². The summed E-state index contributed by atoms with van der Waals surface area (Å²) in [6.45, 7) is 2.58. The third kappa shape index (κ3) is 4.05. The van der Waals surface area contributed by atoms with Crippen molar-refractivity contribution in [3.63, 3.8) is 0 Å². The van der Waals surface area contributed by atoms with E-state index in [1.165, 1.54) is 0 Å². The zero-order chi connectivity index (χ0) is 21.4. The maximum atomic E-state index is 13.5. The van der Waals surface area contributed by atoms with Gasteiger partial charge in [-0.3, -0.25) is 14.7 Å². The number of hydrogen-bond acceptors (Lipinski definition) is 6. The topological polar surface area (TPSA) is 83.5 Å². The lowest BCUT2D eigenvalue weighted by Gasteiger charge is -2.37. The number of rotatable bonds is 3. The van der Waals surface area contributed by atoms with Crippen LogP contribution in [-0.4, -0.2) is 77.8 Å². The Balaban J connectivity index is 1.40. The number of sulfone groups is 1.